The van der Waals surface area contributed by atoms with E-state index in [4.69, 9.17) is 10.2 Å². The molecule has 0 fully saturated rings. The first-order chi connectivity index (χ1) is 8.63. The van der Waals surface area contributed by atoms with Crippen molar-refractivity contribution < 1.29 is 19.4 Å². The predicted octanol–water partition coefficient (Wildman–Crippen LogP) is 2.87. The first-order valence-electron chi connectivity index (χ1n) is 5.75. The zero-order valence-electron chi connectivity index (χ0n) is 10.7. The van der Waals surface area contributed by atoms with Crippen molar-refractivity contribution in [3.05, 3.63) is 41.2 Å². The number of benzene rings is 1. The van der Waals surface area contributed by atoms with Crippen LogP contribution in [0.5, 0.6) is 0 Å². The summed E-state index contributed by atoms with van der Waals surface area (Å²) in [4.78, 5) is 10.5. The van der Waals surface area contributed by atoms with Gasteiger partial charge in [0.15, 0.2) is 0 Å². The van der Waals surface area contributed by atoms with E-state index < -0.39 is 11.8 Å². The maximum Gasteiger partial charge on any atom is 0.307 e. The van der Waals surface area contributed by atoms with Crippen molar-refractivity contribution in [1.82, 2.24) is 0 Å². The lowest BCUT2D eigenvalue weighted by Crippen LogP contribution is -2.02. The molecule has 18 heavy (non-hydrogen) atoms. The minimum atomic E-state index is -1.02. The van der Waals surface area contributed by atoms with E-state index in [0.29, 0.717) is 0 Å². The summed E-state index contributed by atoms with van der Waals surface area (Å²) in [6, 6.07) is 4.53. The highest BCUT2D eigenvalue weighted by atomic mass is 19.1. The molecule has 0 spiro atoms. The Balaban J connectivity index is 0.00000137. The first kappa shape index (κ1) is 16.3. The Bertz CT molecular complexity index is 400. The number of halogens is 1. The SMILES string of the molecule is CCC/C=C/c1ccc(F)c(CC(=O)O)c1.CO. The smallest absolute Gasteiger partial charge is 0.307 e. The Morgan fingerprint density at radius 3 is 2.61 bits per heavy atom. The molecule has 0 amide bonds. The maximum atomic E-state index is 13.2. The summed E-state index contributed by atoms with van der Waals surface area (Å²) >= 11 is 0. The van der Waals surface area contributed by atoms with Gasteiger partial charge in [-0.25, -0.2) is 4.39 Å². The number of carboxylic acids is 1. The largest absolute Gasteiger partial charge is 0.481 e. The third kappa shape index (κ3) is 6.15. The third-order valence-electron chi connectivity index (χ3n) is 2.18. The zero-order valence-corrected chi connectivity index (χ0v) is 10.7. The monoisotopic (exact) mass is 254 g/mol. The van der Waals surface area contributed by atoms with E-state index in [1.54, 1.807) is 12.1 Å². The zero-order chi connectivity index (χ0) is 14.0. The highest BCUT2D eigenvalue weighted by Gasteiger charge is 2.06. The van der Waals surface area contributed by atoms with Crippen LogP contribution in [0.1, 0.15) is 30.9 Å². The number of aliphatic hydroxyl groups excluding tert-OH is 1. The maximum absolute atomic E-state index is 13.2. The van der Waals surface area contributed by atoms with E-state index in [1.165, 1.54) is 6.07 Å². The summed E-state index contributed by atoms with van der Waals surface area (Å²) < 4.78 is 13.2. The van der Waals surface area contributed by atoms with Crippen LogP contribution in [0.2, 0.25) is 0 Å². The fourth-order valence-corrected chi connectivity index (χ4v) is 1.38. The Hall–Kier alpha value is -1.68. The van der Waals surface area contributed by atoms with Gasteiger partial charge in [0, 0.05) is 7.11 Å². The fraction of sp³-hybridized carbons (Fsp3) is 0.357. The number of hydrogen-bond acceptors (Lipinski definition) is 2. The number of hydrogen-bond donors (Lipinski definition) is 2. The lowest BCUT2D eigenvalue weighted by Gasteiger charge is -2.01. The Morgan fingerprint density at radius 2 is 2.06 bits per heavy atom. The van der Waals surface area contributed by atoms with Crippen molar-refractivity contribution in [3.63, 3.8) is 0 Å². The molecule has 0 saturated heterocycles. The lowest BCUT2D eigenvalue weighted by atomic mass is 10.1. The molecule has 0 aliphatic heterocycles. The van der Waals surface area contributed by atoms with E-state index >= 15 is 0 Å². The van der Waals surface area contributed by atoms with Gasteiger partial charge in [-0.05, 0) is 29.7 Å². The van der Waals surface area contributed by atoms with Gasteiger partial charge in [-0.2, -0.15) is 0 Å². The van der Waals surface area contributed by atoms with Crippen LogP contribution in [0.25, 0.3) is 6.08 Å². The molecule has 0 aliphatic carbocycles. The van der Waals surface area contributed by atoms with Gasteiger partial charge in [-0.15, -0.1) is 0 Å². The Labute approximate surface area is 107 Å². The average molecular weight is 254 g/mol. The molecule has 0 heterocycles. The number of carboxylic acid groups (broad SMARTS) is 1. The van der Waals surface area contributed by atoms with Crippen molar-refractivity contribution in [2.75, 3.05) is 7.11 Å². The molecular weight excluding hydrogens is 235 g/mol. The normalized spacial score (nSPS) is 10.0. The quantitative estimate of drug-likeness (QED) is 0.849. The summed E-state index contributed by atoms with van der Waals surface area (Å²) in [7, 11) is 1.00. The van der Waals surface area contributed by atoms with Crippen LogP contribution in [0.3, 0.4) is 0 Å². The van der Waals surface area contributed by atoms with Gasteiger partial charge >= 0.3 is 5.97 Å². The Kier molecular flexibility index (Phi) is 8.49. The number of aliphatic carboxylic acids is 1. The summed E-state index contributed by atoms with van der Waals surface area (Å²) in [5.74, 6) is -1.48. The van der Waals surface area contributed by atoms with Gasteiger partial charge in [0.25, 0.3) is 0 Å². The van der Waals surface area contributed by atoms with Crippen molar-refractivity contribution in [2.45, 2.75) is 26.2 Å². The summed E-state index contributed by atoms with van der Waals surface area (Å²) in [6.07, 6.45) is 5.62. The van der Waals surface area contributed by atoms with Crippen LogP contribution in [-0.4, -0.2) is 23.3 Å². The Morgan fingerprint density at radius 1 is 1.39 bits per heavy atom. The van der Waals surface area contributed by atoms with Crippen molar-refractivity contribution >= 4 is 12.0 Å². The number of carbonyl (C=O) groups is 1. The molecule has 1 rings (SSSR count). The van der Waals surface area contributed by atoms with Gasteiger partial charge in [0.1, 0.15) is 5.82 Å². The first-order valence-corrected chi connectivity index (χ1v) is 5.75. The second-order valence-corrected chi connectivity index (χ2v) is 3.61. The molecule has 0 aromatic heterocycles. The minimum absolute atomic E-state index is 0.228. The number of allylic oxidation sites excluding steroid dienone is 1. The highest BCUT2D eigenvalue weighted by Crippen LogP contribution is 2.13. The molecule has 3 nitrogen and oxygen atoms in total. The van der Waals surface area contributed by atoms with E-state index in [1.807, 2.05) is 12.2 Å². The topological polar surface area (TPSA) is 57.5 Å². The van der Waals surface area contributed by atoms with Crippen molar-refractivity contribution in [1.29, 1.82) is 0 Å². The number of rotatable bonds is 5. The van der Waals surface area contributed by atoms with Crippen LogP contribution in [0.4, 0.5) is 4.39 Å². The van der Waals surface area contributed by atoms with Gasteiger partial charge in [0.2, 0.25) is 0 Å². The van der Waals surface area contributed by atoms with Crippen LogP contribution >= 0.6 is 0 Å². The summed E-state index contributed by atoms with van der Waals surface area (Å²) in [5, 5.41) is 15.6. The van der Waals surface area contributed by atoms with Gasteiger partial charge in [-0.3, -0.25) is 4.79 Å². The van der Waals surface area contributed by atoms with E-state index in [2.05, 4.69) is 6.92 Å². The second-order valence-electron chi connectivity index (χ2n) is 3.61. The minimum Gasteiger partial charge on any atom is -0.481 e. The van der Waals surface area contributed by atoms with Crippen molar-refractivity contribution in [3.8, 4) is 0 Å². The molecule has 0 unspecified atom stereocenters. The molecule has 100 valence electrons. The highest BCUT2D eigenvalue weighted by molar-refractivity contribution is 5.70. The standard InChI is InChI=1S/C13H15FO2.CH4O/c1-2-3-4-5-10-6-7-12(14)11(8-10)9-13(15)16;1-2/h4-8H,2-3,9H2,1H3,(H,15,16);2H,1H3/b5-4+;. The van der Waals surface area contributed by atoms with Crippen molar-refractivity contribution in [2.24, 2.45) is 0 Å². The molecule has 0 atom stereocenters. The van der Waals surface area contributed by atoms with E-state index in [-0.39, 0.29) is 12.0 Å². The second kappa shape index (κ2) is 9.36. The van der Waals surface area contributed by atoms with Crippen LogP contribution < -0.4 is 0 Å². The molecule has 2 N–H and O–H groups in total. The molecule has 4 heteroatoms. The number of aliphatic hydroxyl groups is 1. The van der Waals surface area contributed by atoms with Gasteiger partial charge in [-0.1, -0.05) is 31.6 Å². The summed E-state index contributed by atoms with van der Waals surface area (Å²) in [5.41, 5.74) is 1.07. The predicted molar refractivity (Wildman–Crippen MR) is 69.8 cm³/mol. The van der Waals surface area contributed by atoms with E-state index in [9.17, 15) is 9.18 Å². The number of unbranched alkanes of at least 4 members (excludes halogenated alkanes) is 1. The molecule has 1 aromatic carbocycles. The molecule has 1 aromatic rings. The average Bonchev–Trinajstić information content (AvgIpc) is 2.35. The molecule has 0 radical (unpaired) electrons. The molecule has 0 aliphatic rings. The van der Waals surface area contributed by atoms with Gasteiger partial charge in [0.05, 0.1) is 6.42 Å². The molecule has 0 bridgehead atoms. The third-order valence-corrected chi connectivity index (χ3v) is 2.18. The van der Waals surface area contributed by atoms with Crippen LogP contribution in [0, 0.1) is 5.82 Å². The van der Waals surface area contributed by atoms with E-state index in [0.717, 1.165) is 25.5 Å². The molecular formula is C14H19FO3. The fourth-order valence-electron chi connectivity index (χ4n) is 1.38. The van der Waals surface area contributed by atoms with Crippen LogP contribution in [0.15, 0.2) is 24.3 Å². The molecule has 0 saturated carbocycles. The summed E-state index contributed by atoms with van der Waals surface area (Å²) in [6.45, 7) is 2.07. The van der Waals surface area contributed by atoms with Crippen LogP contribution in [-0.2, 0) is 11.2 Å². The van der Waals surface area contributed by atoms with Gasteiger partial charge < -0.3 is 10.2 Å². The lowest BCUT2D eigenvalue weighted by molar-refractivity contribution is -0.136.